The molecule has 1 aliphatic heterocycles. The number of hydrogen-bond donors (Lipinski definition) is 2. The molecule has 276 valence electrons. The topological polar surface area (TPSA) is 115 Å². The zero-order valence-electron chi connectivity index (χ0n) is 30.9. The van der Waals surface area contributed by atoms with Crippen LogP contribution in [0.2, 0.25) is 0 Å². The maximum absolute atomic E-state index is 12.7. The lowest BCUT2D eigenvalue weighted by atomic mass is 10.0. The Morgan fingerprint density at radius 3 is 1.67 bits per heavy atom. The molecule has 2 N–H and O–H groups in total. The number of anilines is 1. The largest absolute Gasteiger partial charge is 0.493 e. The third-order valence-corrected chi connectivity index (χ3v) is 8.70. The highest BCUT2D eigenvalue weighted by atomic mass is 16.5. The van der Waals surface area contributed by atoms with E-state index in [0.717, 1.165) is 53.6 Å². The number of methoxy groups -OCH3 is 6. The van der Waals surface area contributed by atoms with Crippen molar-refractivity contribution in [1.29, 1.82) is 0 Å². The molecule has 11 heteroatoms. The van der Waals surface area contributed by atoms with Gasteiger partial charge in [-0.2, -0.15) is 0 Å². The van der Waals surface area contributed by atoms with Crippen LogP contribution in [0.3, 0.4) is 0 Å². The molecule has 0 saturated carbocycles. The first kappa shape index (κ1) is 37.5. The van der Waals surface area contributed by atoms with Crippen LogP contribution in [0.5, 0.6) is 46.0 Å². The van der Waals surface area contributed by atoms with Gasteiger partial charge in [0.25, 0.3) is 5.91 Å². The highest BCUT2D eigenvalue weighted by molar-refractivity contribution is 6.02. The summed E-state index contributed by atoms with van der Waals surface area (Å²) < 4.78 is 45.6. The lowest BCUT2D eigenvalue weighted by molar-refractivity contribution is 0.0935. The Morgan fingerprint density at radius 2 is 1.12 bits per heavy atom. The lowest BCUT2D eigenvalue weighted by Crippen LogP contribution is -2.38. The van der Waals surface area contributed by atoms with Gasteiger partial charge in [-0.25, -0.2) is 0 Å². The Bertz CT molecular complexity index is 1820. The van der Waals surface area contributed by atoms with Crippen molar-refractivity contribution >= 4 is 23.7 Å². The molecule has 4 aromatic rings. The number of amides is 1. The minimum Gasteiger partial charge on any atom is -0.493 e. The van der Waals surface area contributed by atoms with Gasteiger partial charge in [-0.15, -0.1) is 0 Å². The number of hydrogen-bond acceptors (Lipinski definition) is 10. The molecule has 0 aliphatic carbocycles. The molecule has 1 aliphatic rings. The zero-order valence-corrected chi connectivity index (χ0v) is 30.9. The number of benzene rings is 4. The highest BCUT2D eigenvalue weighted by Gasteiger charge is 2.25. The minimum atomic E-state index is -0.372. The van der Waals surface area contributed by atoms with Crippen molar-refractivity contribution in [2.75, 3.05) is 61.2 Å². The summed E-state index contributed by atoms with van der Waals surface area (Å²) >= 11 is 0. The predicted molar refractivity (Wildman–Crippen MR) is 202 cm³/mol. The number of nitrogens with one attached hydrogen (secondary N) is 2. The van der Waals surface area contributed by atoms with Crippen molar-refractivity contribution in [1.82, 2.24) is 5.32 Å². The van der Waals surface area contributed by atoms with Crippen molar-refractivity contribution in [3.8, 4) is 46.0 Å². The Labute approximate surface area is 305 Å². The molecule has 0 spiro atoms. The van der Waals surface area contributed by atoms with E-state index >= 15 is 0 Å². The molecule has 5 rings (SSSR count). The predicted octanol–water partition coefficient (Wildman–Crippen LogP) is 8.09. The van der Waals surface area contributed by atoms with Crippen molar-refractivity contribution < 1.29 is 42.7 Å². The summed E-state index contributed by atoms with van der Waals surface area (Å²) in [5, 5.41) is 6.42. The Kier molecular flexibility index (Phi) is 13.0. The fraction of sp³-hybridized carbons (Fsp3) is 0.341. The fourth-order valence-corrected chi connectivity index (χ4v) is 5.96. The van der Waals surface area contributed by atoms with Gasteiger partial charge in [-0.05, 0) is 97.8 Å². The van der Waals surface area contributed by atoms with Gasteiger partial charge in [0, 0.05) is 5.69 Å². The number of carbonyl (C=O) groups is 1. The maximum Gasteiger partial charge on any atom is 0.255 e. The van der Waals surface area contributed by atoms with Gasteiger partial charge in [0.15, 0.2) is 34.5 Å². The van der Waals surface area contributed by atoms with Crippen molar-refractivity contribution in [2.45, 2.75) is 38.8 Å². The first-order valence-corrected chi connectivity index (χ1v) is 17.2. The number of fused-ring (bicyclic) bond motifs is 1. The molecule has 0 radical (unpaired) electrons. The lowest BCUT2D eigenvalue weighted by Gasteiger charge is -2.28. The summed E-state index contributed by atoms with van der Waals surface area (Å²) in [7, 11) is 9.60. The van der Waals surface area contributed by atoms with E-state index in [4.69, 9.17) is 37.9 Å². The first-order valence-electron chi connectivity index (χ1n) is 17.2. The first-order chi connectivity index (χ1) is 25.3. The van der Waals surface area contributed by atoms with Crippen LogP contribution in [-0.4, -0.2) is 61.8 Å². The molecular weight excluding hydrogens is 664 g/mol. The standard InChI is InChI=1S/C41H48N2O9/c1-26-12-16-31-30(20-26)41(44)43-40(42-31)29-15-17-32(33(25-29)45-2)51-18-10-8-9-11-19-52-39-36(48-5)23-28(24-37(39)49-6)14-13-27-21-34(46-3)38(50-7)35(22-27)47-4/h12-17,20-25,40,42H,8-11,18-19H2,1-7H3,(H,43,44). The van der Waals surface area contributed by atoms with E-state index < -0.39 is 0 Å². The van der Waals surface area contributed by atoms with E-state index in [1.807, 2.05) is 79.7 Å². The minimum absolute atomic E-state index is 0.110. The average molecular weight is 713 g/mol. The molecule has 11 nitrogen and oxygen atoms in total. The Hall–Kier alpha value is -5.71. The normalized spacial score (nSPS) is 13.4. The zero-order chi connectivity index (χ0) is 37.0. The van der Waals surface area contributed by atoms with E-state index in [1.165, 1.54) is 0 Å². The molecular formula is C41H48N2O9. The molecule has 1 heterocycles. The smallest absolute Gasteiger partial charge is 0.255 e. The molecule has 0 saturated heterocycles. The summed E-state index contributed by atoms with van der Waals surface area (Å²) in [5.74, 6) is 4.58. The van der Waals surface area contributed by atoms with Gasteiger partial charge in [0.1, 0.15) is 6.17 Å². The molecule has 4 aromatic carbocycles. The van der Waals surface area contributed by atoms with Crippen LogP contribution in [0, 0.1) is 6.92 Å². The quantitative estimate of drug-likeness (QED) is 0.0775. The van der Waals surface area contributed by atoms with Crippen LogP contribution in [0.25, 0.3) is 12.2 Å². The molecule has 1 atom stereocenters. The van der Waals surface area contributed by atoms with Crippen molar-refractivity contribution in [2.24, 2.45) is 0 Å². The van der Waals surface area contributed by atoms with Crippen LogP contribution < -0.4 is 48.5 Å². The molecule has 0 aromatic heterocycles. The second kappa shape index (κ2) is 18.0. The van der Waals surface area contributed by atoms with E-state index in [2.05, 4.69) is 10.6 Å². The van der Waals surface area contributed by atoms with Gasteiger partial charge in [-0.3, -0.25) is 4.79 Å². The number of aryl methyl sites for hydroxylation is 1. The fourth-order valence-electron chi connectivity index (χ4n) is 5.96. The SMILES string of the molecule is COc1cc(C2NC(=O)c3cc(C)ccc3N2)ccc1OCCCCCCOc1c(OC)cc(C=Cc2cc(OC)c(OC)c(OC)c2)cc1OC. The maximum atomic E-state index is 12.7. The van der Waals surface area contributed by atoms with Gasteiger partial charge in [0.2, 0.25) is 11.5 Å². The second-order valence-electron chi connectivity index (χ2n) is 12.2. The van der Waals surface area contributed by atoms with Crippen molar-refractivity contribution in [3.63, 3.8) is 0 Å². The summed E-state index contributed by atoms with van der Waals surface area (Å²) in [6.45, 7) is 3.03. The summed E-state index contributed by atoms with van der Waals surface area (Å²) in [4.78, 5) is 12.7. The molecule has 1 amide bonds. The van der Waals surface area contributed by atoms with Crippen LogP contribution in [-0.2, 0) is 0 Å². The van der Waals surface area contributed by atoms with Crippen LogP contribution >= 0.6 is 0 Å². The highest BCUT2D eigenvalue weighted by Crippen LogP contribution is 2.41. The summed E-state index contributed by atoms with van der Waals surface area (Å²) in [6, 6.07) is 19.1. The molecule has 1 unspecified atom stereocenters. The third kappa shape index (κ3) is 8.95. The van der Waals surface area contributed by atoms with Gasteiger partial charge in [-0.1, -0.05) is 29.8 Å². The summed E-state index contributed by atoms with van der Waals surface area (Å²) in [6.07, 6.45) is 7.20. The monoisotopic (exact) mass is 712 g/mol. The van der Waals surface area contributed by atoms with Crippen LogP contribution in [0.15, 0.2) is 60.7 Å². The summed E-state index contributed by atoms with van der Waals surface area (Å²) in [5.41, 5.74) is 5.10. The number of unbranched alkanes of at least 4 members (excludes halogenated alkanes) is 3. The Morgan fingerprint density at radius 1 is 0.558 bits per heavy atom. The number of carbonyl (C=O) groups excluding carboxylic acids is 1. The Balaban J connectivity index is 1.09. The van der Waals surface area contributed by atoms with Crippen molar-refractivity contribution in [3.05, 3.63) is 88.5 Å². The van der Waals surface area contributed by atoms with Gasteiger partial charge < -0.3 is 48.5 Å². The van der Waals surface area contributed by atoms with E-state index in [-0.39, 0.29) is 12.1 Å². The van der Waals surface area contributed by atoms with Crippen LogP contribution in [0.1, 0.15) is 64.5 Å². The number of ether oxygens (including phenoxy) is 8. The molecule has 0 fully saturated rings. The van der Waals surface area contributed by atoms with Crippen LogP contribution in [0.4, 0.5) is 5.69 Å². The van der Waals surface area contributed by atoms with E-state index in [1.54, 1.807) is 42.7 Å². The average Bonchev–Trinajstić information content (AvgIpc) is 3.17. The molecule has 0 bridgehead atoms. The van der Waals surface area contributed by atoms with E-state index in [9.17, 15) is 4.79 Å². The van der Waals surface area contributed by atoms with Gasteiger partial charge >= 0.3 is 0 Å². The van der Waals surface area contributed by atoms with Gasteiger partial charge in [0.05, 0.1) is 61.4 Å². The number of rotatable bonds is 18. The third-order valence-electron chi connectivity index (χ3n) is 8.70. The second-order valence-corrected chi connectivity index (χ2v) is 12.2. The molecule has 52 heavy (non-hydrogen) atoms. The van der Waals surface area contributed by atoms with E-state index in [0.29, 0.717) is 64.8 Å².